The number of para-hydroxylation sites is 1. The normalized spacial score (nSPS) is 15.9. The van der Waals surface area contributed by atoms with Crippen LogP contribution in [0.15, 0.2) is 48.5 Å². The van der Waals surface area contributed by atoms with Crippen molar-refractivity contribution in [2.75, 3.05) is 30.0 Å². The van der Waals surface area contributed by atoms with Crippen LogP contribution in [0.3, 0.4) is 0 Å². The van der Waals surface area contributed by atoms with Crippen LogP contribution in [-0.4, -0.2) is 37.5 Å². The maximum Gasteiger partial charge on any atom is 0.340 e. The molecule has 29 heavy (non-hydrogen) atoms. The number of amides is 2. The summed E-state index contributed by atoms with van der Waals surface area (Å²) in [5.41, 5.74) is 1.39. The summed E-state index contributed by atoms with van der Waals surface area (Å²) in [4.78, 5) is 38.9. The molecule has 0 aromatic heterocycles. The van der Waals surface area contributed by atoms with Gasteiger partial charge < -0.3 is 19.7 Å². The van der Waals surface area contributed by atoms with Gasteiger partial charge in [0.05, 0.1) is 30.4 Å². The van der Waals surface area contributed by atoms with E-state index in [1.165, 1.54) is 0 Å². The minimum absolute atomic E-state index is 0.112. The number of esters is 1. The molecule has 0 spiro atoms. The minimum Gasteiger partial charge on any atom is -0.494 e. The third-order valence-corrected chi connectivity index (χ3v) is 4.64. The van der Waals surface area contributed by atoms with Gasteiger partial charge in [-0.1, -0.05) is 12.1 Å². The smallest absolute Gasteiger partial charge is 0.340 e. The zero-order chi connectivity index (χ0) is 20.8. The van der Waals surface area contributed by atoms with Gasteiger partial charge in [-0.2, -0.15) is 0 Å². The van der Waals surface area contributed by atoms with Crippen molar-refractivity contribution >= 4 is 29.2 Å². The molecule has 1 heterocycles. The SMILES string of the molecule is CCOC(=O)c1ccccc1NC(=O)C1CC(=O)N(c2ccc(OCC)cc2)C1. The van der Waals surface area contributed by atoms with E-state index in [9.17, 15) is 14.4 Å². The highest BCUT2D eigenvalue weighted by molar-refractivity contribution is 6.06. The van der Waals surface area contributed by atoms with E-state index in [4.69, 9.17) is 9.47 Å². The Labute approximate surface area is 169 Å². The van der Waals surface area contributed by atoms with Crippen LogP contribution in [0.5, 0.6) is 5.75 Å². The molecule has 2 aromatic carbocycles. The van der Waals surface area contributed by atoms with Gasteiger partial charge in [0, 0.05) is 18.7 Å². The van der Waals surface area contributed by atoms with Gasteiger partial charge in [-0.05, 0) is 50.2 Å². The second-order valence-electron chi connectivity index (χ2n) is 6.59. The van der Waals surface area contributed by atoms with Crippen molar-refractivity contribution < 1.29 is 23.9 Å². The first-order valence-electron chi connectivity index (χ1n) is 9.63. The first kappa shape index (κ1) is 20.4. The Morgan fingerprint density at radius 1 is 1.07 bits per heavy atom. The Morgan fingerprint density at radius 2 is 1.79 bits per heavy atom. The predicted octanol–water partition coefficient (Wildman–Crippen LogP) is 3.25. The molecule has 2 aromatic rings. The molecule has 1 aliphatic rings. The molecule has 0 bridgehead atoms. The fraction of sp³-hybridized carbons (Fsp3) is 0.318. The third kappa shape index (κ3) is 4.74. The van der Waals surface area contributed by atoms with Crippen LogP contribution < -0.4 is 15.0 Å². The first-order chi connectivity index (χ1) is 14.0. The summed E-state index contributed by atoms with van der Waals surface area (Å²) in [6.07, 6.45) is 0.112. The number of carbonyl (C=O) groups is 3. The summed E-state index contributed by atoms with van der Waals surface area (Å²) in [5.74, 6) is -0.699. The molecule has 1 unspecified atom stereocenters. The van der Waals surface area contributed by atoms with E-state index in [1.54, 1.807) is 60.4 Å². The molecule has 0 saturated carbocycles. The Bertz CT molecular complexity index is 894. The zero-order valence-electron chi connectivity index (χ0n) is 16.5. The van der Waals surface area contributed by atoms with Gasteiger partial charge in [0.25, 0.3) is 0 Å². The van der Waals surface area contributed by atoms with E-state index in [-0.39, 0.29) is 37.0 Å². The van der Waals surface area contributed by atoms with Gasteiger partial charge in [0.2, 0.25) is 11.8 Å². The number of hydrogen-bond acceptors (Lipinski definition) is 5. The van der Waals surface area contributed by atoms with Gasteiger partial charge in [0.15, 0.2) is 0 Å². The summed E-state index contributed by atoms with van der Waals surface area (Å²) in [5, 5.41) is 2.77. The van der Waals surface area contributed by atoms with Crippen molar-refractivity contribution in [3.63, 3.8) is 0 Å². The van der Waals surface area contributed by atoms with Crippen molar-refractivity contribution in [1.29, 1.82) is 0 Å². The fourth-order valence-electron chi connectivity index (χ4n) is 3.24. The van der Waals surface area contributed by atoms with E-state index in [0.717, 1.165) is 11.4 Å². The summed E-state index contributed by atoms with van der Waals surface area (Å²) in [7, 11) is 0. The summed E-state index contributed by atoms with van der Waals surface area (Å²) < 4.78 is 10.5. The number of nitrogens with zero attached hydrogens (tertiary/aromatic N) is 1. The van der Waals surface area contributed by atoms with Crippen molar-refractivity contribution in [1.82, 2.24) is 0 Å². The highest BCUT2D eigenvalue weighted by Gasteiger charge is 2.35. The van der Waals surface area contributed by atoms with E-state index >= 15 is 0 Å². The lowest BCUT2D eigenvalue weighted by atomic mass is 10.1. The molecular formula is C22H24N2O5. The highest BCUT2D eigenvalue weighted by Crippen LogP contribution is 2.28. The van der Waals surface area contributed by atoms with Crippen LogP contribution in [0.1, 0.15) is 30.6 Å². The predicted molar refractivity (Wildman–Crippen MR) is 109 cm³/mol. The van der Waals surface area contributed by atoms with Crippen molar-refractivity contribution in [3.05, 3.63) is 54.1 Å². The van der Waals surface area contributed by atoms with Gasteiger partial charge in [-0.3, -0.25) is 9.59 Å². The second-order valence-corrected chi connectivity index (χ2v) is 6.59. The standard InChI is InChI=1S/C22H24N2O5/c1-3-28-17-11-9-16(10-12-17)24-14-15(13-20(24)25)21(26)23-19-8-6-5-7-18(19)22(27)29-4-2/h5-12,15H,3-4,13-14H2,1-2H3,(H,23,26). The lowest BCUT2D eigenvalue weighted by molar-refractivity contribution is -0.122. The average Bonchev–Trinajstić information content (AvgIpc) is 3.11. The quantitative estimate of drug-likeness (QED) is 0.726. The lowest BCUT2D eigenvalue weighted by Crippen LogP contribution is -2.28. The number of nitrogens with one attached hydrogen (secondary N) is 1. The molecule has 1 saturated heterocycles. The van der Waals surface area contributed by atoms with Crippen LogP contribution >= 0.6 is 0 Å². The van der Waals surface area contributed by atoms with Gasteiger partial charge in [0.1, 0.15) is 5.75 Å². The first-order valence-corrected chi connectivity index (χ1v) is 9.63. The molecule has 2 amide bonds. The molecular weight excluding hydrogens is 372 g/mol. The molecule has 0 radical (unpaired) electrons. The number of benzene rings is 2. The van der Waals surface area contributed by atoms with E-state index in [2.05, 4.69) is 5.32 Å². The van der Waals surface area contributed by atoms with E-state index < -0.39 is 11.9 Å². The topological polar surface area (TPSA) is 84.9 Å². The van der Waals surface area contributed by atoms with Crippen LogP contribution in [0.25, 0.3) is 0 Å². The van der Waals surface area contributed by atoms with Crippen molar-refractivity contribution in [2.24, 2.45) is 5.92 Å². The molecule has 1 N–H and O–H groups in total. The molecule has 1 aliphatic heterocycles. The largest absolute Gasteiger partial charge is 0.494 e. The van der Waals surface area contributed by atoms with E-state index in [0.29, 0.717) is 12.3 Å². The van der Waals surface area contributed by atoms with Crippen LogP contribution in [0.4, 0.5) is 11.4 Å². The molecule has 7 heteroatoms. The number of hydrogen-bond donors (Lipinski definition) is 1. The summed E-state index contributed by atoms with van der Waals surface area (Å²) >= 11 is 0. The van der Waals surface area contributed by atoms with Crippen LogP contribution in [-0.2, 0) is 14.3 Å². The van der Waals surface area contributed by atoms with Gasteiger partial charge in [-0.15, -0.1) is 0 Å². The Balaban J connectivity index is 1.69. The number of carbonyl (C=O) groups excluding carboxylic acids is 3. The Hall–Kier alpha value is -3.35. The minimum atomic E-state index is -0.510. The third-order valence-electron chi connectivity index (χ3n) is 4.64. The Morgan fingerprint density at radius 3 is 2.48 bits per heavy atom. The molecule has 152 valence electrons. The average molecular weight is 396 g/mol. The molecule has 1 fully saturated rings. The van der Waals surface area contributed by atoms with Crippen LogP contribution in [0, 0.1) is 5.92 Å². The maximum atomic E-state index is 12.7. The van der Waals surface area contributed by atoms with Crippen molar-refractivity contribution in [2.45, 2.75) is 20.3 Å². The summed E-state index contributed by atoms with van der Waals surface area (Å²) in [6, 6.07) is 13.9. The molecule has 1 atom stereocenters. The number of rotatable bonds is 7. The second kappa shape index (κ2) is 9.23. The lowest BCUT2D eigenvalue weighted by Gasteiger charge is -2.17. The molecule has 0 aliphatic carbocycles. The van der Waals surface area contributed by atoms with E-state index in [1.807, 2.05) is 6.92 Å². The van der Waals surface area contributed by atoms with Gasteiger partial charge in [-0.25, -0.2) is 4.79 Å². The van der Waals surface area contributed by atoms with Gasteiger partial charge >= 0.3 is 5.97 Å². The Kier molecular flexibility index (Phi) is 6.49. The maximum absolute atomic E-state index is 12.7. The highest BCUT2D eigenvalue weighted by atomic mass is 16.5. The monoisotopic (exact) mass is 396 g/mol. The summed E-state index contributed by atoms with van der Waals surface area (Å²) in [6.45, 7) is 4.72. The zero-order valence-corrected chi connectivity index (χ0v) is 16.5. The number of ether oxygens (including phenoxy) is 2. The number of anilines is 2. The fourth-order valence-corrected chi connectivity index (χ4v) is 3.24. The molecule has 3 rings (SSSR count). The molecule has 7 nitrogen and oxygen atoms in total. The van der Waals surface area contributed by atoms with Crippen LogP contribution in [0.2, 0.25) is 0 Å². The van der Waals surface area contributed by atoms with Crippen molar-refractivity contribution in [3.8, 4) is 5.75 Å².